The molecule has 0 atom stereocenters. The molecule has 0 N–H and O–H groups in total. The first kappa shape index (κ1) is 23.3. The van der Waals surface area contributed by atoms with Crippen molar-refractivity contribution in [2.24, 2.45) is 0 Å². The molecular weight excluding hydrogens is 460 g/mol. The van der Waals surface area contributed by atoms with Gasteiger partial charge < -0.3 is 4.42 Å². The van der Waals surface area contributed by atoms with Crippen LogP contribution in [0.15, 0.2) is 94.7 Å². The lowest BCUT2D eigenvalue weighted by Crippen LogP contribution is -2.34. The van der Waals surface area contributed by atoms with Crippen LogP contribution >= 0.6 is 0 Å². The number of aromatic nitrogens is 3. The quantitative estimate of drug-likeness (QED) is 0.302. The SMILES string of the molecule is Cc1cccc(-c2cnc(-c3ccncc3)nc2C2CCN(Cc3coc4ccccc4c3=O)CC2)c1. The fraction of sp³-hybridized carbons (Fsp3) is 0.226. The zero-order valence-corrected chi connectivity index (χ0v) is 20.8. The van der Waals surface area contributed by atoms with Gasteiger partial charge in [-0.15, -0.1) is 0 Å². The Labute approximate surface area is 215 Å². The van der Waals surface area contributed by atoms with Gasteiger partial charge in [0.25, 0.3) is 0 Å². The van der Waals surface area contributed by atoms with Gasteiger partial charge in [-0.25, -0.2) is 9.97 Å². The number of nitrogens with zero attached hydrogens (tertiary/aromatic N) is 4. The molecule has 0 spiro atoms. The minimum Gasteiger partial charge on any atom is -0.464 e. The number of para-hydroxylation sites is 1. The van der Waals surface area contributed by atoms with E-state index in [0.717, 1.165) is 54.1 Å². The topological polar surface area (TPSA) is 72.1 Å². The molecule has 3 aromatic heterocycles. The molecule has 0 unspecified atom stereocenters. The molecule has 6 rings (SSSR count). The van der Waals surface area contributed by atoms with E-state index < -0.39 is 0 Å². The van der Waals surface area contributed by atoms with Crippen LogP contribution in [0, 0.1) is 6.92 Å². The highest BCUT2D eigenvalue weighted by Gasteiger charge is 2.26. The van der Waals surface area contributed by atoms with Crippen molar-refractivity contribution in [2.75, 3.05) is 13.1 Å². The first-order chi connectivity index (χ1) is 18.2. The van der Waals surface area contributed by atoms with Crippen molar-refractivity contribution in [3.05, 3.63) is 113 Å². The molecule has 0 amide bonds. The molecule has 4 heterocycles. The number of hydrogen-bond donors (Lipinski definition) is 0. The van der Waals surface area contributed by atoms with Gasteiger partial charge in [0.15, 0.2) is 11.3 Å². The van der Waals surface area contributed by atoms with E-state index in [1.54, 1.807) is 18.7 Å². The van der Waals surface area contributed by atoms with E-state index in [9.17, 15) is 4.79 Å². The summed E-state index contributed by atoms with van der Waals surface area (Å²) in [5.41, 5.74) is 6.91. The predicted octanol–water partition coefficient (Wildman–Crippen LogP) is 6.00. The number of rotatable bonds is 5. The van der Waals surface area contributed by atoms with Crippen molar-refractivity contribution in [1.82, 2.24) is 19.9 Å². The smallest absolute Gasteiger partial charge is 0.197 e. The highest BCUT2D eigenvalue weighted by Crippen LogP contribution is 2.35. The maximum atomic E-state index is 13.0. The van der Waals surface area contributed by atoms with Gasteiger partial charge in [0.1, 0.15) is 5.58 Å². The Hall–Kier alpha value is -4.16. The van der Waals surface area contributed by atoms with Crippen LogP contribution in [0.1, 0.15) is 35.6 Å². The monoisotopic (exact) mass is 488 g/mol. The molecule has 5 aromatic rings. The summed E-state index contributed by atoms with van der Waals surface area (Å²) in [6.45, 7) is 4.48. The molecule has 184 valence electrons. The second-order valence-corrected chi connectivity index (χ2v) is 9.73. The number of fused-ring (bicyclic) bond motifs is 1. The highest BCUT2D eigenvalue weighted by atomic mass is 16.3. The number of benzene rings is 2. The first-order valence-electron chi connectivity index (χ1n) is 12.7. The molecule has 0 aliphatic carbocycles. The van der Waals surface area contributed by atoms with E-state index in [0.29, 0.717) is 29.0 Å². The maximum absolute atomic E-state index is 13.0. The zero-order valence-electron chi connectivity index (χ0n) is 20.8. The van der Waals surface area contributed by atoms with Crippen LogP contribution in [0.25, 0.3) is 33.5 Å². The Morgan fingerprint density at radius 1 is 0.973 bits per heavy atom. The Morgan fingerprint density at radius 2 is 1.78 bits per heavy atom. The van der Waals surface area contributed by atoms with E-state index in [4.69, 9.17) is 14.4 Å². The number of piperidine rings is 1. The van der Waals surface area contributed by atoms with E-state index in [1.165, 1.54) is 5.56 Å². The van der Waals surface area contributed by atoms with Crippen LogP contribution in [0.2, 0.25) is 0 Å². The van der Waals surface area contributed by atoms with E-state index in [-0.39, 0.29) is 5.43 Å². The summed E-state index contributed by atoms with van der Waals surface area (Å²) >= 11 is 0. The second kappa shape index (κ2) is 10.1. The number of hydrogen-bond acceptors (Lipinski definition) is 6. The highest BCUT2D eigenvalue weighted by molar-refractivity contribution is 5.76. The van der Waals surface area contributed by atoms with Crippen LogP contribution in [0.4, 0.5) is 0 Å². The molecule has 0 bridgehead atoms. The van der Waals surface area contributed by atoms with E-state index in [2.05, 4.69) is 41.1 Å². The van der Waals surface area contributed by atoms with E-state index >= 15 is 0 Å². The largest absolute Gasteiger partial charge is 0.464 e. The standard InChI is InChI=1S/C31H28N4O2/c1-21-5-4-6-24(17-21)27-18-33-31(23-9-13-32-14-10-23)34-29(27)22-11-15-35(16-12-22)19-25-20-37-28-8-3-2-7-26(28)30(25)36/h2-10,13-14,17-18,20,22H,11-12,15-16,19H2,1H3. The summed E-state index contributed by atoms with van der Waals surface area (Å²) in [5, 5.41) is 0.641. The Bertz CT molecular complexity index is 1610. The average molecular weight is 489 g/mol. The number of pyridine rings is 1. The molecule has 0 radical (unpaired) electrons. The molecule has 1 aliphatic rings. The predicted molar refractivity (Wildman–Crippen MR) is 145 cm³/mol. The number of likely N-dealkylation sites (tertiary alicyclic amines) is 1. The summed E-state index contributed by atoms with van der Waals surface area (Å²) in [4.78, 5) is 29.3. The third kappa shape index (κ3) is 4.80. The van der Waals surface area contributed by atoms with Crippen LogP contribution < -0.4 is 5.43 Å². The third-order valence-electron chi connectivity index (χ3n) is 7.21. The molecule has 2 aromatic carbocycles. The maximum Gasteiger partial charge on any atom is 0.197 e. The number of aryl methyl sites for hydroxylation is 1. The van der Waals surface area contributed by atoms with Gasteiger partial charge in [-0.3, -0.25) is 14.7 Å². The summed E-state index contributed by atoms with van der Waals surface area (Å²) in [6, 6.07) is 19.8. The van der Waals surface area contributed by atoms with Gasteiger partial charge in [-0.05, 0) is 62.7 Å². The molecule has 1 saturated heterocycles. The fourth-order valence-electron chi connectivity index (χ4n) is 5.21. The molecule has 6 nitrogen and oxygen atoms in total. The zero-order chi connectivity index (χ0) is 25.2. The van der Waals surface area contributed by atoms with Gasteiger partial charge >= 0.3 is 0 Å². The second-order valence-electron chi connectivity index (χ2n) is 9.73. The minimum absolute atomic E-state index is 0.0588. The van der Waals surface area contributed by atoms with Crippen molar-refractivity contribution >= 4 is 11.0 Å². The van der Waals surface area contributed by atoms with Crippen LogP contribution in [0.5, 0.6) is 0 Å². The summed E-state index contributed by atoms with van der Waals surface area (Å²) in [7, 11) is 0. The van der Waals surface area contributed by atoms with Gasteiger partial charge in [-0.2, -0.15) is 0 Å². The Balaban J connectivity index is 1.26. The molecule has 1 aliphatic heterocycles. The minimum atomic E-state index is 0.0588. The van der Waals surface area contributed by atoms with Crippen LogP contribution in [-0.2, 0) is 6.54 Å². The van der Waals surface area contributed by atoms with E-state index in [1.807, 2.05) is 42.6 Å². The van der Waals surface area contributed by atoms with Crippen molar-refractivity contribution in [1.29, 1.82) is 0 Å². The molecule has 37 heavy (non-hydrogen) atoms. The lowest BCUT2D eigenvalue weighted by Gasteiger charge is -2.32. The summed E-state index contributed by atoms with van der Waals surface area (Å²) in [6.07, 6.45) is 9.07. The molecule has 1 fully saturated rings. The van der Waals surface area contributed by atoms with Crippen LogP contribution in [0.3, 0.4) is 0 Å². The summed E-state index contributed by atoms with van der Waals surface area (Å²) < 4.78 is 5.74. The third-order valence-corrected chi connectivity index (χ3v) is 7.21. The van der Waals surface area contributed by atoms with Crippen molar-refractivity contribution < 1.29 is 4.42 Å². The molecule has 6 heteroatoms. The van der Waals surface area contributed by atoms with Crippen molar-refractivity contribution in [3.63, 3.8) is 0 Å². The molecule has 0 saturated carbocycles. The van der Waals surface area contributed by atoms with Crippen LogP contribution in [-0.4, -0.2) is 32.9 Å². The van der Waals surface area contributed by atoms with Gasteiger partial charge in [0.2, 0.25) is 0 Å². The average Bonchev–Trinajstić information content (AvgIpc) is 2.95. The Kier molecular flexibility index (Phi) is 6.33. The molecular formula is C31H28N4O2. The van der Waals surface area contributed by atoms with Crippen molar-refractivity contribution in [3.8, 4) is 22.5 Å². The Morgan fingerprint density at radius 3 is 2.59 bits per heavy atom. The lowest BCUT2D eigenvalue weighted by molar-refractivity contribution is 0.202. The normalized spacial score (nSPS) is 14.7. The van der Waals surface area contributed by atoms with Gasteiger partial charge in [0, 0.05) is 47.7 Å². The lowest BCUT2D eigenvalue weighted by atomic mass is 9.88. The first-order valence-corrected chi connectivity index (χ1v) is 12.7. The summed E-state index contributed by atoms with van der Waals surface area (Å²) in [5.74, 6) is 1.04. The van der Waals surface area contributed by atoms with Gasteiger partial charge in [0.05, 0.1) is 17.3 Å². The fourth-order valence-corrected chi connectivity index (χ4v) is 5.21. The van der Waals surface area contributed by atoms with Crippen molar-refractivity contribution in [2.45, 2.75) is 32.2 Å². The van der Waals surface area contributed by atoms with Gasteiger partial charge in [-0.1, -0.05) is 42.0 Å².